The van der Waals surface area contributed by atoms with E-state index >= 15 is 0 Å². The van der Waals surface area contributed by atoms with E-state index in [9.17, 15) is 27.6 Å². The SMILES string of the molecule is CC[C@H](C)NC(=O)NC(=O)CN(C)CC(=O)Nc1ccccc1C(F)(F)F. The molecule has 0 radical (unpaired) electrons. The van der Waals surface area contributed by atoms with Crippen molar-refractivity contribution in [2.75, 3.05) is 25.5 Å². The minimum Gasteiger partial charge on any atom is -0.335 e. The van der Waals surface area contributed by atoms with Crippen LogP contribution in [0.2, 0.25) is 0 Å². The van der Waals surface area contributed by atoms with E-state index in [1.165, 1.54) is 24.1 Å². The highest BCUT2D eigenvalue weighted by Crippen LogP contribution is 2.34. The Bertz CT molecular complexity index is 680. The van der Waals surface area contributed by atoms with Crippen molar-refractivity contribution in [2.24, 2.45) is 0 Å². The number of amides is 4. The van der Waals surface area contributed by atoms with E-state index in [2.05, 4.69) is 16.0 Å². The number of nitrogens with one attached hydrogen (secondary N) is 3. The minimum absolute atomic E-state index is 0.102. The van der Waals surface area contributed by atoms with E-state index in [4.69, 9.17) is 0 Å². The molecule has 1 aromatic rings. The molecular weight excluding hydrogens is 365 g/mol. The smallest absolute Gasteiger partial charge is 0.335 e. The molecule has 27 heavy (non-hydrogen) atoms. The Morgan fingerprint density at radius 1 is 1.11 bits per heavy atom. The fourth-order valence-electron chi connectivity index (χ4n) is 2.10. The Hall–Kier alpha value is -2.62. The summed E-state index contributed by atoms with van der Waals surface area (Å²) in [5.41, 5.74) is -1.32. The molecule has 1 rings (SSSR count). The van der Waals surface area contributed by atoms with Crippen molar-refractivity contribution in [1.29, 1.82) is 0 Å². The van der Waals surface area contributed by atoms with Crippen LogP contribution in [-0.4, -0.2) is 48.9 Å². The summed E-state index contributed by atoms with van der Waals surface area (Å²) in [6.45, 7) is 3.05. The van der Waals surface area contributed by atoms with Crippen molar-refractivity contribution in [3.05, 3.63) is 29.8 Å². The predicted octanol–water partition coefficient (Wildman–Crippen LogP) is 2.20. The molecule has 0 bridgehead atoms. The number of rotatable bonds is 7. The summed E-state index contributed by atoms with van der Waals surface area (Å²) in [5, 5.41) is 6.85. The van der Waals surface area contributed by atoms with Gasteiger partial charge < -0.3 is 10.6 Å². The quantitative estimate of drug-likeness (QED) is 0.668. The summed E-state index contributed by atoms with van der Waals surface area (Å²) >= 11 is 0. The first-order valence-electron chi connectivity index (χ1n) is 8.27. The number of alkyl halides is 3. The maximum atomic E-state index is 12.9. The number of hydrogen-bond donors (Lipinski definition) is 3. The zero-order valence-corrected chi connectivity index (χ0v) is 15.3. The van der Waals surface area contributed by atoms with Gasteiger partial charge in [0.25, 0.3) is 0 Å². The van der Waals surface area contributed by atoms with Crippen molar-refractivity contribution in [2.45, 2.75) is 32.5 Å². The van der Waals surface area contributed by atoms with Crippen molar-refractivity contribution in [3.8, 4) is 0 Å². The van der Waals surface area contributed by atoms with Gasteiger partial charge in [-0.25, -0.2) is 4.79 Å². The number of halogens is 3. The number of anilines is 1. The lowest BCUT2D eigenvalue weighted by atomic mass is 10.1. The molecule has 0 spiro atoms. The van der Waals surface area contributed by atoms with Crippen LogP contribution in [0.5, 0.6) is 0 Å². The van der Waals surface area contributed by atoms with Gasteiger partial charge in [0.2, 0.25) is 11.8 Å². The van der Waals surface area contributed by atoms with Crippen LogP contribution in [-0.2, 0) is 15.8 Å². The summed E-state index contributed by atoms with van der Waals surface area (Å²) in [6.07, 6.45) is -3.90. The number of carbonyl (C=O) groups is 3. The monoisotopic (exact) mass is 388 g/mol. The van der Waals surface area contributed by atoms with Gasteiger partial charge in [0, 0.05) is 6.04 Å². The van der Waals surface area contributed by atoms with Crippen molar-refractivity contribution in [1.82, 2.24) is 15.5 Å². The number of likely N-dealkylation sites (N-methyl/N-ethyl adjacent to an activating group) is 1. The third-order valence-corrected chi connectivity index (χ3v) is 3.58. The highest BCUT2D eigenvalue weighted by atomic mass is 19.4. The van der Waals surface area contributed by atoms with Gasteiger partial charge in [-0.2, -0.15) is 13.2 Å². The Morgan fingerprint density at radius 2 is 1.70 bits per heavy atom. The van der Waals surface area contributed by atoms with Crippen molar-refractivity contribution in [3.63, 3.8) is 0 Å². The second-order valence-electron chi connectivity index (χ2n) is 6.09. The Labute approximate surface area is 155 Å². The predicted molar refractivity (Wildman–Crippen MR) is 94.0 cm³/mol. The van der Waals surface area contributed by atoms with Crippen LogP contribution in [0, 0.1) is 0 Å². The van der Waals surface area contributed by atoms with E-state index in [1.54, 1.807) is 6.92 Å². The summed E-state index contributed by atoms with van der Waals surface area (Å²) in [6, 6.07) is 3.86. The topological polar surface area (TPSA) is 90.5 Å². The molecule has 0 aliphatic heterocycles. The third kappa shape index (κ3) is 8.07. The molecule has 4 amide bonds. The molecule has 7 nitrogen and oxygen atoms in total. The Morgan fingerprint density at radius 3 is 2.30 bits per heavy atom. The number of hydrogen-bond acceptors (Lipinski definition) is 4. The summed E-state index contributed by atoms with van der Waals surface area (Å²) in [4.78, 5) is 36.6. The second-order valence-corrected chi connectivity index (χ2v) is 6.09. The Balaban J connectivity index is 2.54. The molecule has 0 saturated carbocycles. The molecule has 0 aliphatic carbocycles. The standard InChI is InChI=1S/C17H23F3N4O3/c1-4-11(2)21-16(27)23-15(26)10-24(3)9-14(25)22-13-8-6-5-7-12(13)17(18,19)20/h5-8,11H,4,9-10H2,1-3H3,(H,22,25)(H2,21,23,26,27)/t11-/m0/s1. The molecule has 150 valence electrons. The van der Waals surface area contributed by atoms with Crippen LogP contribution in [0.1, 0.15) is 25.8 Å². The van der Waals surface area contributed by atoms with Crippen LogP contribution < -0.4 is 16.0 Å². The van der Waals surface area contributed by atoms with Crippen LogP contribution in [0.3, 0.4) is 0 Å². The zero-order chi connectivity index (χ0) is 20.6. The summed E-state index contributed by atoms with van der Waals surface area (Å²) in [5.74, 6) is -1.35. The number of benzene rings is 1. The molecule has 1 atom stereocenters. The fourth-order valence-corrected chi connectivity index (χ4v) is 2.10. The molecule has 3 N–H and O–H groups in total. The van der Waals surface area contributed by atoms with Crippen molar-refractivity contribution >= 4 is 23.5 Å². The third-order valence-electron chi connectivity index (χ3n) is 3.58. The lowest BCUT2D eigenvalue weighted by molar-refractivity contribution is -0.137. The first-order valence-corrected chi connectivity index (χ1v) is 8.27. The van der Waals surface area contributed by atoms with Gasteiger partial charge in [0.15, 0.2) is 0 Å². The molecular formula is C17H23F3N4O3. The molecule has 1 aromatic carbocycles. The van der Waals surface area contributed by atoms with Crippen LogP contribution in [0.15, 0.2) is 24.3 Å². The number of imide groups is 1. The highest BCUT2D eigenvalue weighted by molar-refractivity contribution is 5.96. The average Bonchev–Trinajstić information content (AvgIpc) is 2.53. The van der Waals surface area contributed by atoms with Gasteiger partial charge in [-0.3, -0.25) is 19.8 Å². The maximum Gasteiger partial charge on any atom is 0.418 e. The number of carbonyl (C=O) groups excluding carboxylic acids is 3. The lowest BCUT2D eigenvalue weighted by Gasteiger charge is -2.18. The average molecular weight is 388 g/mol. The molecule has 0 heterocycles. The van der Waals surface area contributed by atoms with Crippen molar-refractivity contribution < 1.29 is 27.6 Å². The van der Waals surface area contributed by atoms with Gasteiger partial charge in [-0.15, -0.1) is 0 Å². The first-order chi connectivity index (χ1) is 12.5. The van der Waals surface area contributed by atoms with E-state index in [0.717, 1.165) is 12.1 Å². The second kappa shape index (κ2) is 9.91. The molecule has 0 unspecified atom stereocenters. The first kappa shape index (κ1) is 22.4. The zero-order valence-electron chi connectivity index (χ0n) is 15.3. The number of nitrogens with zero attached hydrogens (tertiary/aromatic N) is 1. The maximum absolute atomic E-state index is 12.9. The molecule has 10 heteroatoms. The van der Waals surface area contributed by atoms with E-state index in [0.29, 0.717) is 6.42 Å². The molecule has 0 aromatic heterocycles. The normalized spacial score (nSPS) is 12.4. The van der Waals surface area contributed by atoms with Gasteiger partial charge >= 0.3 is 12.2 Å². The molecule has 0 saturated heterocycles. The van der Waals surface area contributed by atoms with E-state index in [1.807, 2.05) is 6.92 Å². The minimum atomic E-state index is -4.60. The van der Waals surface area contributed by atoms with E-state index < -0.39 is 29.6 Å². The van der Waals surface area contributed by atoms with Crippen LogP contribution >= 0.6 is 0 Å². The van der Waals surface area contributed by atoms with Crippen LogP contribution in [0.4, 0.5) is 23.7 Å². The van der Waals surface area contributed by atoms with Gasteiger partial charge in [-0.1, -0.05) is 19.1 Å². The lowest BCUT2D eigenvalue weighted by Crippen LogP contribution is -2.47. The van der Waals surface area contributed by atoms with Gasteiger partial charge in [0.1, 0.15) is 0 Å². The van der Waals surface area contributed by atoms with Crippen LogP contribution in [0.25, 0.3) is 0 Å². The highest BCUT2D eigenvalue weighted by Gasteiger charge is 2.33. The van der Waals surface area contributed by atoms with Gasteiger partial charge in [0.05, 0.1) is 24.3 Å². The molecule has 0 aliphatic rings. The number of urea groups is 1. The Kier molecular flexibility index (Phi) is 8.23. The number of para-hydroxylation sites is 1. The van der Waals surface area contributed by atoms with E-state index in [-0.39, 0.29) is 24.8 Å². The summed E-state index contributed by atoms with van der Waals surface area (Å²) < 4.78 is 38.8. The molecule has 0 fully saturated rings. The largest absolute Gasteiger partial charge is 0.418 e. The fraction of sp³-hybridized carbons (Fsp3) is 0.471. The summed E-state index contributed by atoms with van der Waals surface area (Å²) in [7, 11) is 1.43. The van der Waals surface area contributed by atoms with Gasteiger partial charge in [-0.05, 0) is 32.5 Å².